The molecular weight excluding hydrogens is 535 g/mol. The van der Waals surface area contributed by atoms with Gasteiger partial charge < -0.3 is 5.11 Å². The Morgan fingerprint density at radius 3 is 2.38 bits per heavy atom. The maximum Gasteiger partial charge on any atom is 0.417 e. The number of alkyl halides is 3. The van der Waals surface area contributed by atoms with Gasteiger partial charge in [-0.25, -0.2) is 13.7 Å². The maximum absolute atomic E-state index is 13.7. The summed E-state index contributed by atoms with van der Waals surface area (Å²) < 4.78 is 64.7. The Kier molecular flexibility index (Phi) is 7.20. The third kappa shape index (κ3) is 5.27. The number of nitrogens with zero attached hydrogens (tertiary/aromatic N) is 2. The number of nitrogens with one attached hydrogen (secondary N) is 1. The minimum atomic E-state index is -4.87. The van der Waals surface area contributed by atoms with Crippen molar-refractivity contribution < 1.29 is 36.6 Å². The van der Waals surface area contributed by atoms with Crippen LogP contribution in [-0.2, 0) is 17.4 Å². The molecule has 1 heterocycles. The van der Waals surface area contributed by atoms with Crippen LogP contribution >= 0.6 is 11.6 Å². The number of carboxylic acids is 1. The molecule has 0 aliphatic heterocycles. The fourth-order valence-electron chi connectivity index (χ4n) is 3.84. The minimum Gasteiger partial charge on any atom is -0.478 e. The van der Waals surface area contributed by atoms with Gasteiger partial charge in [0.2, 0.25) is 11.3 Å². The van der Waals surface area contributed by atoms with E-state index in [9.17, 15) is 27.0 Å². The van der Waals surface area contributed by atoms with Crippen molar-refractivity contribution in [3.8, 4) is 11.3 Å². The number of aromatic nitrogens is 2. The summed E-state index contributed by atoms with van der Waals surface area (Å²) in [5.41, 5.74) is -0.832. The highest BCUT2D eigenvalue weighted by Crippen LogP contribution is 2.37. The number of carbonyl (C=O) groups excluding carboxylic acids is 1. The smallest absolute Gasteiger partial charge is 0.417 e. The van der Waals surface area contributed by atoms with E-state index in [4.69, 9.17) is 21.3 Å². The Labute approximate surface area is 215 Å². The molecule has 0 fully saturated rings. The van der Waals surface area contributed by atoms with E-state index in [2.05, 4.69) is 9.82 Å². The fourth-order valence-corrected chi connectivity index (χ4v) is 4.54. The monoisotopic (exact) mass is 551 g/mol. The van der Waals surface area contributed by atoms with Crippen LogP contribution in [0.5, 0.6) is 0 Å². The second-order valence-corrected chi connectivity index (χ2v) is 9.11. The summed E-state index contributed by atoms with van der Waals surface area (Å²) >= 11 is 3.70. The van der Waals surface area contributed by atoms with Crippen molar-refractivity contribution in [1.82, 2.24) is 14.5 Å². The van der Waals surface area contributed by atoms with Gasteiger partial charge in [-0.2, -0.15) is 23.0 Å². The molecule has 0 saturated carbocycles. The molecule has 8 nitrogen and oxygen atoms in total. The van der Waals surface area contributed by atoms with Gasteiger partial charge in [-0.1, -0.05) is 41.9 Å². The van der Waals surface area contributed by atoms with Gasteiger partial charge in [-0.3, -0.25) is 9.35 Å². The quantitative estimate of drug-likeness (QED) is 0.270. The van der Waals surface area contributed by atoms with Crippen LogP contribution < -0.4 is 4.72 Å². The van der Waals surface area contributed by atoms with Crippen molar-refractivity contribution >= 4 is 45.6 Å². The maximum atomic E-state index is 13.7. The first-order chi connectivity index (χ1) is 17.4. The Morgan fingerprint density at radius 1 is 1.11 bits per heavy atom. The minimum absolute atomic E-state index is 0.00800. The Bertz CT molecular complexity index is 1550. The molecule has 0 aliphatic carbocycles. The topological polar surface area (TPSA) is 122 Å². The SMILES string of the molecule is CC(NS(=O)O)c1ccc2c(-c3ccc(C(=O)O)cc3)nn(C(=O)c3c(Cl)cccc3C(F)(F)F)c2c1. The lowest BCUT2D eigenvalue weighted by molar-refractivity contribution is -0.137. The normalized spacial score (nSPS) is 13.5. The van der Waals surface area contributed by atoms with Crippen molar-refractivity contribution in [2.45, 2.75) is 19.1 Å². The Balaban J connectivity index is 1.96. The second kappa shape index (κ2) is 10.1. The van der Waals surface area contributed by atoms with Crippen LogP contribution in [-0.4, -0.2) is 35.5 Å². The first kappa shape index (κ1) is 26.5. The number of rotatable bonds is 6. The molecule has 13 heteroatoms. The largest absolute Gasteiger partial charge is 0.478 e. The lowest BCUT2D eigenvalue weighted by Crippen LogP contribution is -2.21. The van der Waals surface area contributed by atoms with Gasteiger partial charge in [-0.15, -0.1) is 0 Å². The summed E-state index contributed by atoms with van der Waals surface area (Å²) in [4.78, 5) is 24.7. The number of fused-ring (bicyclic) bond motifs is 1. The molecule has 0 aliphatic rings. The van der Waals surface area contributed by atoms with E-state index in [0.29, 0.717) is 16.5 Å². The number of benzene rings is 3. The summed E-state index contributed by atoms with van der Waals surface area (Å²) in [6.07, 6.45) is -4.87. The average molecular weight is 552 g/mol. The van der Waals surface area contributed by atoms with Crippen LogP contribution in [0.15, 0.2) is 60.7 Å². The zero-order valence-electron chi connectivity index (χ0n) is 18.8. The van der Waals surface area contributed by atoms with Crippen LogP contribution in [0.1, 0.15) is 44.8 Å². The van der Waals surface area contributed by atoms with Crippen LogP contribution in [0.2, 0.25) is 5.02 Å². The van der Waals surface area contributed by atoms with Crippen LogP contribution in [0.3, 0.4) is 0 Å². The van der Waals surface area contributed by atoms with Crippen molar-refractivity contribution in [2.24, 2.45) is 0 Å². The van der Waals surface area contributed by atoms with Gasteiger partial charge in [0.15, 0.2) is 0 Å². The van der Waals surface area contributed by atoms with Crippen LogP contribution in [0, 0.1) is 0 Å². The molecular formula is C24H17ClF3N3O5S. The van der Waals surface area contributed by atoms with Gasteiger partial charge in [-0.05, 0) is 42.8 Å². The number of carbonyl (C=O) groups is 2. The van der Waals surface area contributed by atoms with Gasteiger partial charge in [0, 0.05) is 17.0 Å². The number of aromatic carboxylic acids is 1. The fraction of sp³-hybridized carbons (Fsp3) is 0.125. The molecule has 0 radical (unpaired) electrons. The molecule has 4 aromatic rings. The predicted molar refractivity (Wildman–Crippen MR) is 131 cm³/mol. The van der Waals surface area contributed by atoms with Crippen molar-refractivity contribution in [2.75, 3.05) is 0 Å². The van der Waals surface area contributed by atoms with Crippen molar-refractivity contribution in [1.29, 1.82) is 0 Å². The van der Waals surface area contributed by atoms with Crippen LogP contribution in [0.4, 0.5) is 13.2 Å². The van der Waals surface area contributed by atoms with E-state index in [1.807, 2.05) is 0 Å². The molecule has 192 valence electrons. The van der Waals surface area contributed by atoms with E-state index in [0.717, 1.165) is 22.9 Å². The molecule has 4 rings (SSSR count). The second-order valence-electron chi connectivity index (χ2n) is 7.97. The third-order valence-corrected chi connectivity index (χ3v) is 6.48. The number of hydrogen-bond acceptors (Lipinski definition) is 4. The van der Waals surface area contributed by atoms with E-state index >= 15 is 0 Å². The first-order valence-electron chi connectivity index (χ1n) is 10.5. The lowest BCUT2D eigenvalue weighted by atomic mass is 10.0. The molecule has 0 amide bonds. The molecule has 37 heavy (non-hydrogen) atoms. The molecule has 2 atom stereocenters. The number of carboxylic acid groups (broad SMARTS) is 1. The highest BCUT2D eigenvalue weighted by molar-refractivity contribution is 7.77. The van der Waals surface area contributed by atoms with E-state index < -0.39 is 51.5 Å². The molecule has 1 aromatic heterocycles. The Hall–Kier alpha value is -3.58. The van der Waals surface area contributed by atoms with E-state index in [-0.39, 0.29) is 16.8 Å². The lowest BCUT2D eigenvalue weighted by Gasteiger charge is -2.14. The molecule has 0 saturated heterocycles. The van der Waals surface area contributed by atoms with Crippen molar-refractivity contribution in [3.05, 3.63) is 87.9 Å². The average Bonchev–Trinajstić information content (AvgIpc) is 3.21. The summed E-state index contributed by atoms with van der Waals surface area (Å²) in [7, 11) is 0. The highest BCUT2D eigenvalue weighted by atomic mass is 35.5. The zero-order chi connectivity index (χ0) is 27.1. The third-order valence-electron chi connectivity index (χ3n) is 5.61. The number of halogens is 4. The van der Waals surface area contributed by atoms with E-state index in [1.165, 1.54) is 30.3 Å². The summed E-state index contributed by atoms with van der Waals surface area (Å²) in [5.74, 6) is -2.29. The standard InChI is InChI=1S/C24H17ClF3N3O5S/c1-12(30-37(35)36)15-9-10-16-19(11-15)31(29-21(16)13-5-7-14(8-6-13)23(33)34)22(32)20-17(24(26,27)28)3-2-4-18(20)25/h2-12,30H,1H3,(H,33,34)(H,35,36). The molecule has 0 spiro atoms. The summed E-state index contributed by atoms with van der Waals surface area (Å²) in [6, 6.07) is 12.5. The number of hydrogen-bond donors (Lipinski definition) is 3. The summed E-state index contributed by atoms with van der Waals surface area (Å²) in [5, 5.41) is 13.4. The van der Waals surface area contributed by atoms with Crippen molar-refractivity contribution in [3.63, 3.8) is 0 Å². The zero-order valence-corrected chi connectivity index (χ0v) is 20.4. The Morgan fingerprint density at radius 2 is 1.78 bits per heavy atom. The van der Waals surface area contributed by atoms with Gasteiger partial charge in [0.1, 0.15) is 5.69 Å². The summed E-state index contributed by atoms with van der Waals surface area (Å²) in [6.45, 7) is 1.58. The highest BCUT2D eigenvalue weighted by Gasteiger charge is 2.37. The van der Waals surface area contributed by atoms with Gasteiger partial charge >= 0.3 is 12.1 Å². The van der Waals surface area contributed by atoms with Crippen LogP contribution in [0.25, 0.3) is 22.2 Å². The molecule has 3 N–H and O–H groups in total. The molecule has 0 bridgehead atoms. The van der Waals surface area contributed by atoms with E-state index in [1.54, 1.807) is 19.1 Å². The van der Waals surface area contributed by atoms with Gasteiger partial charge in [0.05, 0.1) is 27.2 Å². The first-order valence-corrected chi connectivity index (χ1v) is 12.0. The predicted octanol–water partition coefficient (Wildman–Crippen LogP) is 5.55. The molecule has 3 aromatic carbocycles. The van der Waals surface area contributed by atoms with Gasteiger partial charge in [0.25, 0.3) is 5.91 Å². The molecule has 2 unspecified atom stereocenters.